The number of rotatable bonds is 2. The molecule has 1 aromatic rings. The summed E-state index contributed by atoms with van der Waals surface area (Å²) < 4.78 is 17.2. The predicted octanol–water partition coefficient (Wildman–Crippen LogP) is 1.89. The lowest BCUT2D eigenvalue weighted by Crippen LogP contribution is -2.06. The number of halogens is 2. The van der Waals surface area contributed by atoms with E-state index in [9.17, 15) is 19.1 Å². The fraction of sp³-hybridized carbons (Fsp3) is 0.111. The summed E-state index contributed by atoms with van der Waals surface area (Å²) in [7, 11) is 1.09. The Kier molecular flexibility index (Phi) is 3.41. The number of ether oxygens (including phenoxy) is 1. The molecule has 0 aliphatic rings. The molecule has 4 nitrogen and oxygen atoms in total. The largest absolute Gasteiger partial charge is 0.506 e. The van der Waals surface area contributed by atoms with E-state index in [1.165, 1.54) is 0 Å². The van der Waals surface area contributed by atoms with Crippen LogP contribution in [-0.2, 0) is 4.74 Å². The molecule has 0 heterocycles. The van der Waals surface area contributed by atoms with Crippen LogP contribution in [0.15, 0.2) is 10.5 Å². The fourth-order valence-electron chi connectivity index (χ4n) is 1.02. The topological polar surface area (TPSA) is 63.6 Å². The Balaban J connectivity index is 3.52. The van der Waals surface area contributed by atoms with E-state index in [0.717, 1.165) is 13.2 Å². The van der Waals surface area contributed by atoms with Gasteiger partial charge in [0, 0.05) is 0 Å². The highest BCUT2D eigenvalue weighted by Gasteiger charge is 2.20. The van der Waals surface area contributed by atoms with Gasteiger partial charge in [0.05, 0.1) is 22.7 Å². The first kappa shape index (κ1) is 11.6. The first-order chi connectivity index (χ1) is 7.02. The van der Waals surface area contributed by atoms with Gasteiger partial charge in [-0.05, 0) is 22.0 Å². The lowest BCUT2D eigenvalue weighted by molar-refractivity contribution is 0.0597. The number of hydrogen-bond acceptors (Lipinski definition) is 4. The van der Waals surface area contributed by atoms with Crippen LogP contribution in [0.25, 0.3) is 0 Å². The second-order valence-electron chi connectivity index (χ2n) is 2.59. The van der Waals surface area contributed by atoms with Crippen LogP contribution >= 0.6 is 15.9 Å². The molecule has 0 unspecified atom stereocenters. The average Bonchev–Trinajstić information content (AvgIpc) is 2.24. The molecule has 0 radical (unpaired) electrons. The highest BCUT2D eigenvalue weighted by atomic mass is 79.9. The lowest BCUT2D eigenvalue weighted by Gasteiger charge is -2.07. The number of carbonyl (C=O) groups excluding carboxylic acids is 2. The molecule has 0 aromatic heterocycles. The van der Waals surface area contributed by atoms with Crippen LogP contribution in [0.3, 0.4) is 0 Å². The van der Waals surface area contributed by atoms with Crippen LogP contribution < -0.4 is 0 Å². The summed E-state index contributed by atoms with van der Waals surface area (Å²) in [6.07, 6.45) is 0.256. The SMILES string of the molecule is COC(=O)c1cc(F)c(Br)c(O)c1C=O. The molecule has 0 amide bonds. The number of methoxy groups -OCH3 is 1. The third kappa shape index (κ3) is 1.99. The number of carbonyl (C=O) groups is 2. The zero-order valence-corrected chi connectivity index (χ0v) is 9.17. The Morgan fingerprint density at radius 2 is 2.27 bits per heavy atom. The third-order valence-corrected chi connectivity index (χ3v) is 2.51. The minimum absolute atomic E-state index is 0.256. The lowest BCUT2D eigenvalue weighted by atomic mass is 10.1. The summed E-state index contributed by atoms with van der Waals surface area (Å²) in [5, 5.41) is 9.38. The van der Waals surface area contributed by atoms with Gasteiger partial charge in [-0.15, -0.1) is 0 Å². The molecule has 0 saturated heterocycles. The molecule has 1 aromatic carbocycles. The quantitative estimate of drug-likeness (QED) is 0.662. The van der Waals surface area contributed by atoms with Gasteiger partial charge in [-0.3, -0.25) is 4.79 Å². The van der Waals surface area contributed by atoms with Crippen molar-refractivity contribution in [1.29, 1.82) is 0 Å². The number of aromatic hydroxyl groups is 1. The van der Waals surface area contributed by atoms with Gasteiger partial charge in [-0.2, -0.15) is 0 Å². The van der Waals surface area contributed by atoms with Crippen molar-refractivity contribution < 1.29 is 23.8 Å². The van der Waals surface area contributed by atoms with Crippen molar-refractivity contribution in [3.05, 3.63) is 27.5 Å². The summed E-state index contributed by atoms with van der Waals surface area (Å²) in [6.45, 7) is 0. The smallest absolute Gasteiger partial charge is 0.338 e. The normalized spacial score (nSPS) is 9.80. The van der Waals surface area contributed by atoms with Gasteiger partial charge in [0.25, 0.3) is 0 Å². The van der Waals surface area contributed by atoms with Gasteiger partial charge in [0.1, 0.15) is 11.6 Å². The maximum Gasteiger partial charge on any atom is 0.338 e. The van der Waals surface area contributed by atoms with Crippen LogP contribution in [0.4, 0.5) is 4.39 Å². The van der Waals surface area contributed by atoms with Crippen molar-refractivity contribution in [2.45, 2.75) is 0 Å². The molecule has 6 heteroatoms. The van der Waals surface area contributed by atoms with E-state index < -0.39 is 17.5 Å². The van der Waals surface area contributed by atoms with Gasteiger partial charge in [-0.25, -0.2) is 9.18 Å². The summed E-state index contributed by atoms with van der Waals surface area (Å²) in [4.78, 5) is 21.8. The number of hydrogen-bond donors (Lipinski definition) is 1. The second kappa shape index (κ2) is 4.39. The monoisotopic (exact) mass is 276 g/mol. The molecule has 0 atom stereocenters. The van der Waals surface area contributed by atoms with Gasteiger partial charge < -0.3 is 9.84 Å². The van der Waals surface area contributed by atoms with Gasteiger partial charge >= 0.3 is 5.97 Å². The summed E-state index contributed by atoms with van der Waals surface area (Å²) in [5.41, 5.74) is -0.624. The third-order valence-electron chi connectivity index (χ3n) is 1.76. The maximum absolute atomic E-state index is 13.1. The molecule has 0 spiro atoms. The number of benzene rings is 1. The van der Waals surface area contributed by atoms with Gasteiger partial charge in [0.15, 0.2) is 6.29 Å². The molecule has 0 bridgehead atoms. The Morgan fingerprint density at radius 3 is 2.73 bits per heavy atom. The minimum Gasteiger partial charge on any atom is -0.506 e. The fourth-order valence-corrected chi connectivity index (χ4v) is 1.35. The molecular formula is C9H6BrFO4. The van der Waals surface area contributed by atoms with Crippen molar-refractivity contribution in [2.24, 2.45) is 0 Å². The summed E-state index contributed by atoms with van der Waals surface area (Å²) in [5.74, 6) is -2.36. The van der Waals surface area contributed by atoms with Gasteiger partial charge in [0.2, 0.25) is 0 Å². The van der Waals surface area contributed by atoms with Crippen molar-refractivity contribution in [3.63, 3.8) is 0 Å². The molecule has 0 aliphatic heterocycles. The van der Waals surface area contributed by atoms with E-state index in [0.29, 0.717) is 0 Å². The molecule has 0 saturated carbocycles. The Labute approximate surface area is 92.8 Å². The zero-order valence-electron chi connectivity index (χ0n) is 7.58. The number of phenolic OH excluding ortho intramolecular Hbond substituents is 1. The molecule has 0 fully saturated rings. The van der Waals surface area contributed by atoms with Crippen molar-refractivity contribution in [1.82, 2.24) is 0 Å². The van der Waals surface area contributed by atoms with Crippen LogP contribution in [-0.4, -0.2) is 24.5 Å². The van der Waals surface area contributed by atoms with E-state index in [4.69, 9.17) is 0 Å². The molecule has 15 heavy (non-hydrogen) atoms. The van der Waals surface area contributed by atoms with Crippen LogP contribution in [0.1, 0.15) is 20.7 Å². The number of aldehydes is 1. The van der Waals surface area contributed by atoms with E-state index >= 15 is 0 Å². The van der Waals surface area contributed by atoms with Crippen molar-refractivity contribution in [3.8, 4) is 5.75 Å². The summed E-state index contributed by atoms with van der Waals surface area (Å²) in [6, 6.07) is 0.819. The Morgan fingerprint density at radius 1 is 1.67 bits per heavy atom. The Bertz CT molecular complexity index is 431. The number of esters is 1. The molecule has 1 N–H and O–H groups in total. The maximum atomic E-state index is 13.1. The van der Waals surface area contributed by atoms with Gasteiger partial charge in [-0.1, -0.05) is 0 Å². The van der Waals surface area contributed by atoms with Crippen molar-refractivity contribution >= 4 is 28.2 Å². The van der Waals surface area contributed by atoms with Crippen LogP contribution in [0.2, 0.25) is 0 Å². The standard InChI is InChI=1S/C9H6BrFO4/c1-15-9(14)4-2-6(11)7(10)8(13)5(4)3-12/h2-3,13H,1H3. The van der Waals surface area contributed by atoms with E-state index in [1.54, 1.807) is 0 Å². The molecule has 1 rings (SSSR count). The summed E-state index contributed by atoms with van der Waals surface area (Å²) >= 11 is 2.74. The van der Waals surface area contributed by atoms with E-state index in [-0.39, 0.29) is 21.9 Å². The van der Waals surface area contributed by atoms with Crippen LogP contribution in [0.5, 0.6) is 5.75 Å². The minimum atomic E-state index is -0.890. The average molecular weight is 277 g/mol. The van der Waals surface area contributed by atoms with E-state index in [2.05, 4.69) is 20.7 Å². The predicted molar refractivity (Wildman–Crippen MR) is 52.5 cm³/mol. The Hall–Kier alpha value is -1.43. The zero-order chi connectivity index (χ0) is 11.6. The highest BCUT2D eigenvalue weighted by molar-refractivity contribution is 9.10. The van der Waals surface area contributed by atoms with Crippen LogP contribution in [0, 0.1) is 5.82 Å². The van der Waals surface area contributed by atoms with Crippen molar-refractivity contribution in [2.75, 3.05) is 7.11 Å². The van der Waals surface area contributed by atoms with E-state index in [1.807, 2.05) is 0 Å². The molecule has 80 valence electrons. The molecule has 0 aliphatic carbocycles. The molecular weight excluding hydrogens is 271 g/mol. The first-order valence-corrected chi connectivity index (χ1v) is 4.56. The first-order valence-electron chi connectivity index (χ1n) is 3.77. The number of phenols is 1. The second-order valence-corrected chi connectivity index (χ2v) is 3.38. The highest BCUT2D eigenvalue weighted by Crippen LogP contribution is 2.32.